The zero-order chi connectivity index (χ0) is 12.5. The molecule has 0 aliphatic carbocycles. The fourth-order valence-corrected chi connectivity index (χ4v) is 1.79. The summed E-state index contributed by atoms with van der Waals surface area (Å²) in [5.74, 6) is 0.192. The molecule has 0 unspecified atom stereocenters. The van der Waals surface area contributed by atoms with Crippen molar-refractivity contribution in [2.45, 2.75) is 0 Å². The minimum atomic E-state index is 0.192. The minimum Gasteiger partial charge on any atom is -0.508 e. The molecule has 0 saturated heterocycles. The molecular formula is C14H11N3O. The summed E-state index contributed by atoms with van der Waals surface area (Å²) in [5, 5.41) is 9.37. The normalized spacial score (nSPS) is 10.7. The van der Waals surface area contributed by atoms with Crippen LogP contribution in [0.2, 0.25) is 0 Å². The van der Waals surface area contributed by atoms with Crippen LogP contribution in [-0.2, 0) is 0 Å². The Hall–Kier alpha value is -2.62. The summed E-state index contributed by atoms with van der Waals surface area (Å²) in [4.78, 5) is 8.79. The van der Waals surface area contributed by atoms with Gasteiger partial charge in [0.15, 0.2) is 0 Å². The van der Waals surface area contributed by atoms with Gasteiger partial charge in [0.25, 0.3) is 0 Å². The number of phenols is 1. The quantitative estimate of drug-likeness (QED) is 0.638. The van der Waals surface area contributed by atoms with Crippen molar-refractivity contribution in [2.75, 3.05) is 5.73 Å². The van der Waals surface area contributed by atoms with Gasteiger partial charge in [0.2, 0.25) is 0 Å². The van der Waals surface area contributed by atoms with Crippen LogP contribution in [0.5, 0.6) is 5.75 Å². The van der Waals surface area contributed by atoms with Gasteiger partial charge in [-0.2, -0.15) is 0 Å². The summed E-state index contributed by atoms with van der Waals surface area (Å²) in [6.45, 7) is 0. The molecule has 0 radical (unpaired) electrons. The molecule has 88 valence electrons. The summed E-state index contributed by atoms with van der Waals surface area (Å²) in [5.41, 5.74) is 9.54. The van der Waals surface area contributed by atoms with Gasteiger partial charge in [-0.15, -0.1) is 0 Å². The molecule has 1 heterocycles. The molecule has 0 spiro atoms. The van der Waals surface area contributed by atoms with Gasteiger partial charge >= 0.3 is 0 Å². The second-order valence-electron chi connectivity index (χ2n) is 4.05. The van der Waals surface area contributed by atoms with Crippen LogP contribution < -0.4 is 5.73 Å². The van der Waals surface area contributed by atoms with Gasteiger partial charge < -0.3 is 10.8 Å². The van der Waals surface area contributed by atoms with Crippen LogP contribution >= 0.6 is 0 Å². The molecule has 0 amide bonds. The number of anilines is 1. The largest absolute Gasteiger partial charge is 0.508 e. The highest BCUT2D eigenvalue weighted by Gasteiger charge is 2.03. The number of nitrogens with two attached hydrogens (primary N) is 1. The van der Waals surface area contributed by atoms with Crippen molar-refractivity contribution in [1.29, 1.82) is 0 Å². The number of fused-ring (bicyclic) bond motifs is 1. The van der Waals surface area contributed by atoms with E-state index >= 15 is 0 Å². The van der Waals surface area contributed by atoms with Gasteiger partial charge in [0.05, 0.1) is 22.9 Å². The van der Waals surface area contributed by atoms with Gasteiger partial charge in [-0.25, -0.2) is 4.98 Å². The van der Waals surface area contributed by atoms with Crippen LogP contribution in [0.25, 0.3) is 22.3 Å². The average Bonchev–Trinajstić information content (AvgIpc) is 2.39. The third-order valence-corrected chi connectivity index (χ3v) is 2.73. The molecule has 3 N–H and O–H groups in total. The Balaban J connectivity index is 2.13. The summed E-state index contributed by atoms with van der Waals surface area (Å²) >= 11 is 0. The lowest BCUT2D eigenvalue weighted by Gasteiger charge is -2.03. The Morgan fingerprint density at radius 2 is 1.72 bits per heavy atom. The van der Waals surface area contributed by atoms with E-state index in [0.717, 1.165) is 22.5 Å². The van der Waals surface area contributed by atoms with Crippen molar-refractivity contribution in [3.8, 4) is 17.0 Å². The van der Waals surface area contributed by atoms with E-state index in [9.17, 15) is 5.11 Å². The predicted octanol–water partition coefficient (Wildman–Crippen LogP) is 2.58. The SMILES string of the molecule is Nc1ccc(-c2cnc3cc(O)ccc3n2)cc1. The van der Waals surface area contributed by atoms with Crippen molar-refractivity contribution in [1.82, 2.24) is 9.97 Å². The maximum Gasteiger partial charge on any atom is 0.117 e. The number of aromatic nitrogens is 2. The van der Waals surface area contributed by atoms with Gasteiger partial charge in [0.1, 0.15) is 5.75 Å². The zero-order valence-corrected chi connectivity index (χ0v) is 9.54. The van der Waals surface area contributed by atoms with E-state index in [1.54, 1.807) is 24.4 Å². The van der Waals surface area contributed by atoms with Crippen molar-refractivity contribution in [3.05, 3.63) is 48.7 Å². The summed E-state index contributed by atoms with van der Waals surface area (Å²) in [7, 11) is 0. The first-order valence-electron chi connectivity index (χ1n) is 5.54. The van der Waals surface area contributed by atoms with E-state index < -0.39 is 0 Å². The van der Waals surface area contributed by atoms with E-state index in [-0.39, 0.29) is 5.75 Å². The molecule has 0 atom stereocenters. The first kappa shape index (κ1) is 10.5. The van der Waals surface area contributed by atoms with Gasteiger partial charge in [0, 0.05) is 17.3 Å². The summed E-state index contributed by atoms with van der Waals surface area (Å²) < 4.78 is 0. The molecule has 0 fully saturated rings. The molecule has 3 rings (SSSR count). The van der Waals surface area contributed by atoms with Crippen LogP contribution in [0.15, 0.2) is 48.7 Å². The molecule has 4 nitrogen and oxygen atoms in total. The minimum absolute atomic E-state index is 0.192. The Morgan fingerprint density at radius 3 is 2.50 bits per heavy atom. The summed E-state index contributed by atoms with van der Waals surface area (Å²) in [6, 6.07) is 12.4. The number of nitrogen functional groups attached to an aromatic ring is 1. The standard InChI is InChI=1S/C14H11N3O/c15-10-3-1-9(2-4-10)14-8-16-13-7-11(18)5-6-12(13)17-14/h1-8,18H,15H2. The van der Waals surface area contributed by atoms with Gasteiger partial charge in [-0.05, 0) is 24.3 Å². The highest BCUT2D eigenvalue weighted by molar-refractivity contribution is 5.78. The van der Waals surface area contributed by atoms with E-state index in [2.05, 4.69) is 9.97 Å². The molecule has 0 aliphatic rings. The second kappa shape index (κ2) is 4.00. The van der Waals surface area contributed by atoms with Gasteiger partial charge in [-0.1, -0.05) is 12.1 Å². The van der Waals surface area contributed by atoms with E-state index in [1.165, 1.54) is 0 Å². The van der Waals surface area contributed by atoms with Crippen molar-refractivity contribution < 1.29 is 5.11 Å². The fraction of sp³-hybridized carbons (Fsp3) is 0. The number of nitrogens with zero attached hydrogens (tertiary/aromatic N) is 2. The lowest BCUT2D eigenvalue weighted by atomic mass is 10.1. The van der Waals surface area contributed by atoms with E-state index in [0.29, 0.717) is 5.52 Å². The summed E-state index contributed by atoms with van der Waals surface area (Å²) in [6.07, 6.45) is 1.69. The Bertz CT molecular complexity index is 708. The number of rotatable bonds is 1. The third-order valence-electron chi connectivity index (χ3n) is 2.73. The molecule has 0 bridgehead atoms. The smallest absolute Gasteiger partial charge is 0.117 e. The van der Waals surface area contributed by atoms with Crippen molar-refractivity contribution >= 4 is 16.7 Å². The third kappa shape index (κ3) is 1.84. The zero-order valence-electron chi connectivity index (χ0n) is 9.54. The monoisotopic (exact) mass is 237 g/mol. The molecular weight excluding hydrogens is 226 g/mol. The average molecular weight is 237 g/mol. The Morgan fingerprint density at radius 1 is 0.944 bits per heavy atom. The van der Waals surface area contributed by atoms with Crippen LogP contribution in [0.3, 0.4) is 0 Å². The second-order valence-corrected chi connectivity index (χ2v) is 4.05. The molecule has 4 heteroatoms. The molecule has 18 heavy (non-hydrogen) atoms. The predicted molar refractivity (Wildman–Crippen MR) is 71.1 cm³/mol. The lowest BCUT2D eigenvalue weighted by molar-refractivity contribution is 0.476. The van der Waals surface area contributed by atoms with Crippen LogP contribution in [0, 0.1) is 0 Å². The maximum atomic E-state index is 9.37. The molecule has 2 aromatic carbocycles. The van der Waals surface area contributed by atoms with Crippen molar-refractivity contribution in [3.63, 3.8) is 0 Å². The highest BCUT2D eigenvalue weighted by atomic mass is 16.3. The van der Waals surface area contributed by atoms with Crippen LogP contribution in [-0.4, -0.2) is 15.1 Å². The number of hydrogen-bond acceptors (Lipinski definition) is 4. The fourth-order valence-electron chi connectivity index (χ4n) is 1.79. The molecule has 3 aromatic rings. The van der Waals surface area contributed by atoms with Crippen molar-refractivity contribution in [2.24, 2.45) is 0 Å². The lowest BCUT2D eigenvalue weighted by Crippen LogP contribution is -1.89. The highest BCUT2D eigenvalue weighted by Crippen LogP contribution is 2.22. The van der Waals surface area contributed by atoms with Crippen LogP contribution in [0.1, 0.15) is 0 Å². The van der Waals surface area contributed by atoms with Gasteiger partial charge in [-0.3, -0.25) is 4.98 Å². The first-order chi connectivity index (χ1) is 8.72. The number of benzene rings is 2. The Labute approximate surface area is 104 Å². The molecule has 0 saturated carbocycles. The van der Waals surface area contributed by atoms with Crippen LogP contribution in [0.4, 0.5) is 5.69 Å². The first-order valence-corrected chi connectivity index (χ1v) is 5.54. The topological polar surface area (TPSA) is 72.0 Å². The number of hydrogen-bond donors (Lipinski definition) is 2. The van der Waals surface area contributed by atoms with E-state index in [1.807, 2.05) is 24.3 Å². The Kier molecular flexibility index (Phi) is 2.34. The number of aromatic hydroxyl groups is 1. The molecule has 1 aromatic heterocycles. The maximum absolute atomic E-state index is 9.37. The molecule has 0 aliphatic heterocycles. The van der Waals surface area contributed by atoms with E-state index in [4.69, 9.17) is 5.73 Å². The number of phenolic OH excluding ortho intramolecular Hbond substituents is 1.